The van der Waals surface area contributed by atoms with E-state index in [1.165, 1.54) is 19.3 Å². The van der Waals surface area contributed by atoms with Gasteiger partial charge in [0.25, 0.3) is 5.91 Å². The van der Waals surface area contributed by atoms with Crippen molar-refractivity contribution in [1.82, 2.24) is 5.32 Å². The SMILES string of the molecule is N#Cc1c(Cl)cccc1OCC(=O)NC1CCCCC1. The number of ether oxygens (including phenoxy) is 1. The summed E-state index contributed by atoms with van der Waals surface area (Å²) < 4.78 is 5.39. The van der Waals surface area contributed by atoms with Crippen LogP contribution in [0.15, 0.2) is 18.2 Å². The molecule has 1 aromatic carbocycles. The van der Waals surface area contributed by atoms with Crippen LogP contribution in [0.2, 0.25) is 5.02 Å². The van der Waals surface area contributed by atoms with E-state index in [1.54, 1.807) is 18.2 Å². The smallest absolute Gasteiger partial charge is 0.258 e. The van der Waals surface area contributed by atoms with Gasteiger partial charge in [-0.15, -0.1) is 0 Å². The zero-order valence-electron chi connectivity index (χ0n) is 11.2. The van der Waals surface area contributed by atoms with E-state index in [4.69, 9.17) is 21.6 Å². The molecule has 0 atom stereocenters. The first-order valence-corrected chi connectivity index (χ1v) is 7.19. The Morgan fingerprint density at radius 1 is 1.40 bits per heavy atom. The lowest BCUT2D eigenvalue weighted by Gasteiger charge is -2.22. The fourth-order valence-corrected chi connectivity index (χ4v) is 2.60. The molecule has 4 nitrogen and oxygen atoms in total. The van der Waals surface area contributed by atoms with Gasteiger partial charge in [-0.2, -0.15) is 5.26 Å². The number of nitriles is 1. The maximum Gasteiger partial charge on any atom is 0.258 e. The minimum absolute atomic E-state index is 0.0917. The normalized spacial score (nSPS) is 15.4. The Hall–Kier alpha value is -1.73. The van der Waals surface area contributed by atoms with Crippen LogP contribution in [0.4, 0.5) is 0 Å². The van der Waals surface area contributed by atoms with E-state index < -0.39 is 0 Å². The standard InChI is InChI=1S/C15H17ClN2O2/c16-13-7-4-8-14(12(13)9-17)20-10-15(19)18-11-5-2-1-3-6-11/h4,7-8,11H,1-3,5-6,10H2,(H,18,19). The van der Waals surface area contributed by atoms with Crippen LogP contribution in [-0.2, 0) is 4.79 Å². The summed E-state index contributed by atoms with van der Waals surface area (Å²) in [5.41, 5.74) is 0.264. The lowest BCUT2D eigenvalue weighted by atomic mass is 9.95. The Kier molecular flexibility index (Phi) is 5.25. The molecule has 20 heavy (non-hydrogen) atoms. The number of halogens is 1. The van der Waals surface area contributed by atoms with Crippen molar-refractivity contribution in [2.24, 2.45) is 0 Å². The molecule has 5 heteroatoms. The summed E-state index contributed by atoms with van der Waals surface area (Å²) in [5.74, 6) is 0.194. The number of hydrogen-bond acceptors (Lipinski definition) is 3. The van der Waals surface area contributed by atoms with Crippen LogP contribution >= 0.6 is 11.6 Å². The van der Waals surface area contributed by atoms with Gasteiger partial charge in [0.05, 0.1) is 5.02 Å². The number of hydrogen-bond donors (Lipinski definition) is 1. The zero-order valence-corrected chi connectivity index (χ0v) is 11.9. The fraction of sp³-hybridized carbons (Fsp3) is 0.467. The first-order valence-electron chi connectivity index (χ1n) is 6.81. The molecular weight excluding hydrogens is 276 g/mol. The van der Waals surface area contributed by atoms with E-state index in [0.29, 0.717) is 10.8 Å². The number of benzene rings is 1. The van der Waals surface area contributed by atoms with E-state index in [1.807, 2.05) is 6.07 Å². The lowest BCUT2D eigenvalue weighted by molar-refractivity contribution is -0.124. The molecule has 2 rings (SSSR count). The number of nitrogens with one attached hydrogen (secondary N) is 1. The van der Waals surface area contributed by atoms with Crippen molar-refractivity contribution in [3.63, 3.8) is 0 Å². The van der Waals surface area contributed by atoms with Gasteiger partial charge in [-0.1, -0.05) is 36.9 Å². The molecule has 0 spiro atoms. The van der Waals surface area contributed by atoms with Gasteiger partial charge in [0, 0.05) is 6.04 Å². The van der Waals surface area contributed by atoms with Crippen LogP contribution in [0.1, 0.15) is 37.7 Å². The van der Waals surface area contributed by atoms with Crippen molar-refractivity contribution in [1.29, 1.82) is 5.26 Å². The zero-order chi connectivity index (χ0) is 14.4. The fourth-order valence-electron chi connectivity index (χ4n) is 2.39. The second-order valence-corrected chi connectivity index (χ2v) is 5.32. The van der Waals surface area contributed by atoms with Gasteiger partial charge >= 0.3 is 0 Å². The third-order valence-electron chi connectivity index (χ3n) is 3.42. The van der Waals surface area contributed by atoms with E-state index in [0.717, 1.165) is 12.8 Å². The lowest BCUT2D eigenvalue weighted by Crippen LogP contribution is -2.39. The Morgan fingerprint density at radius 3 is 2.85 bits per heavy atom. The number of amides is 1. The molecule has 0 heterocycles. The molecule has 0 aromatic heterocycles. The highest BCUT2D eigenvalue weighted by molar-refractivity contribution is 6.31. The molecule has 0 unspecified atom stereocenters. The maximum atomic E-state index is 11.8. The molecule has 0 saturated heterocycles. The highest BCUT2D eigenvalue weighted by Gasteiger charge is 2.16. The quantitative estimate of drug-likeness (QED) is 0.928. The molecule has 106 valence electrons. The van der Waals surface area contributed by atoms with Crippen LogP contribution in [0.5, 0.6) is 5.75 Å². The van der Waals surface area contributed by atoms with Gasteiger partial charge in [-0.25, -0.2) is 0 Å². The third-order valence-corrected chi connectivity index (χ3v) is 3.73. The second kappa shape index (κ2) is 7.16. The topological polar surface area (TPSA) is 62.1 Å². The summed E-state index contributed by atoms with van der Waals surface area (Å²) in [5, 5.41) is 12.3. The van der Waals surface area contributed by atoms with Crippen LogP contribution < -0.4 is 10.1 Å². The Morgan fingerprint density at radius 2 is 2.15 bits per heavy atom. The molecule has 0 bridgehead atoms. The summed E-state index contributed by atoms with van der Waals surface area (Å²) >= 11 is 5.90. The van der Waals surface area contributed by atoms with Crippen LogP contribution in [0.3, 0.4) is 0 Å². The predicted molar refractivity (Wildman–Crippen MR) is 76.7 cm³/mol. The van der Waals surface area contributed by atoms with Gasteiger partial charge in [0.1, 0.15) is 17.4 Å². The number of nitrogens with zero attached hydrogens (tertiary/aromatic N) is 1. The average molecular weight is 293 g/mol. The summed E-state index contributed by atoms with van der Waals surface area (Å²) in [6.45, 7) is -0.0917. The minimum atomic E-state index is -0.152. The molecule has 1 N–H and O–H groups in total. The van der Waals surface area contributed by atoms with Crippen molar-refractivity contribution < 1.29 is 9.53 Å². The van der Waals surface area contributed by atoms with Crippen LogP contribution in [0, 0.1) is 11.3 Å². The Balaban J connectivity index is 1.87. The van der Waals surface area contributed by atoms with Gasteiger partial charge in [-0.05, 0) is 25.0 Å². The molecule has 1 amide bonds. The predicted octanol–water partition coefficient (Wildman–Crippen LogP) is 3.04. The van der Waals surface area contributed by atoms with Crippen molar-refractivity contribution in [2.75, 3.05) is 6.61 Å². The van der Waals surface area contributed by atoms with Crippen molar-refractivity contribution >= 4 is 17.5 Å². The van der Waals surface area contributed by atoms with Crippen LogP contribution in [-0.4, -0.2) is 18.6 Å². The number of rotatable bonds is 4. The van der Waals surface area contributed by atoms with Gasteiger partial charge in [-0.3, -0.25) is 4.79 Å². The second-order valence-electron chi connectivity index (χ2n) is 4.92. The summed E-state index contributed by atoms with van der Waals surface area (Å²) in [6.07, 6.45) is 5.65. The van der Waals surface area contributed by atoms with E-state index in [-0.39, 0.29) is 24.1 Å². The highest BCUT2D eigenvalue weighted by atomic mass is 35.5. The van der Waals surface area contributed by atoms with E-state index >= 15 is 0 Å². The summed E-state index contributed by atoms with van der Waals surface area (Å²) in [7, 11) is 0. The molecule has 1 fully saturated rings. The third kappa shape index (κ3) is 3.88. The Bertz CT molecular complexity index is 519. The monoisotopic (exact) mass is 292 g/mol. The van der Waals surface area contributed by atoms with Crippen LogP contribution in [0.25, 0.3) is 0 Å². The van der Waals surface area contributed by atoms with Gasteiger partial charge in [0.2, 0.25) is 0 Å². The first kappa shape index (κ1) is 14.7. The highest BCUT2D eigenvalue weighted by Crippen LogP contribution is 2.25. The maximum absolute atomic E-state index is 11.8. The molecule has 1 saturated carbocycles. The van der Waals surface area contributed by atoms with Crippen molar-refractivity contribution in [3.8, 4) is 11.8 Å². The number of carbonyl (C=O) groups is 1. The molecule has 1 aromatic rings. The van der Waals surface area contributed by atoms with Crippen molar-refractivity contribution in [3.05, 3.63) is 28.8 Å². The van der Waals surface area contributed by atoms with Gasteiger partial charge < -0.3 is 10.1 Å². The molecule has 1 aliphatic carbocycles. The molecule has 0 aliphatic heterocycles. The minimum Gasteiger partial charge on any atom is -0.482 e. The van der Waals surface area contributed by atoms with E-state index in [9.17, 15) is 4.79 Å². The summed E-state index contributed by atoms with van der Waals surface area (Å²) in [4.78, 5) is 11.8. The molecular formula is C15H17ClN2O2. The largest absolute Gasteiger partial charge is 0.482 e. The van der Waals surface area contributed by atoms with Crippen molar-refractivity contribution in [2.45, 2.75) is 38.1 Å². The van der Waals surface area contributed by atoms with Gasteiger partial charge in [0.15, 0.2) is 6.61 Å². The molecule has 1 aliphatic rings. The first-order chi connectivity index (χ1) is 9.70. The summed E-state index contributed by atoms with van der Waals surface area (Å²) in [6, 6.07) is 7.19. The molecule has 0 radical (unpaired) electrons. The van der Waals surface area contributed by atoms with E-state index in [2.05, 4.69) is 5.32 Å². The average Bonchev–Trinajstić information content (AvgIpc) is 2.46. The number of carbonyl (C=O) groups excluding carboxylic acids is 1. The Labute approximate surface area is 123 Å².